The molecule has 0 fully saturated rings. The van der Waals surface area contributed by atoms with Gasteiger partial charge in [-0.25, -0.2) is 4.98 Å². The quantitative estimate of drug-likeness (QED) is 0.851. The highest BCUT2D eigenvalue weighted by Gasteiger charge is 2.06. The molecule has 1 N–H and O–H groups in total. The molecule has 0 amide bonds. The third kappa shape index (κ3) is 3.29. The first kappa shape index (κ1) is 11.6. The fourth-order valence-corrected chi connectivity index (χ4v) is 1.74. The van der Waals surface area contributed by atoms with Gasteiger partial charge in [-0.1, -0.05) is 36.4 Å². The van der Waals surface area contributed by atoms with Gasteiger partial charge in [0.1, 0.15) is 5.82 Å². The fraction of sp³-hybridized carbons (Fsp3) is 0.214. The minimum absolute atomic E-state index is 0.128. The number of aliphatic hydroxyl groups excluding tert-OH is 1. The van der Waals surface area contributed by atoms with Gasteiger partial charge in [0.15, 0.2) is 0 Å². The molecular formula is C14H16N2O. The van der Waals surface area contributed by atoms with Gasteiger partial charge in [0.2, 0.25) is 0 Å². The van der Waals surface area contributed by atoms with E-state index in [4.69, 9.17) is 5.11 Å². The lowest BCUT2D eigenvalue weighted by Crippen LogP contribution is -2.26. The van der Waals surface area contributed by atoms with Gasteiger partial charge in [-0.2, -0.15) is 0 Å². The third-order valence-corrected chi connectivity index (χ3v) is 2.56. The summed E-state index contributed by atoms with van der Waals surface area (Å²) >= 11 is 0. The Bertz CT molecular complexity index is 430. The normalized spacial score (nSPS) is 10.2. The molecule has 88 valence electrons. The molecule has 0 aliphatic carbocycles. The van der Waals surface area contributed by atoms with Crippen LogP contribution >= 0.6 is 0 Å². The summed E-state index contributed by atoms with van der Waals surface area (Å²) in [7, 11) is 0. The number of aromatic nitrogens is 1. The Balaban J connectivity index is 2.13. The van der Waals surface area contributed by atoms with Crippen LogP contribution in [0.5, 0.6) is 0 Å². The number of benzene rings is 1. The van der Waals surface area contributed by atoms with E-state index in [0.29, 0.717) is 6.54 Å². The first-order chi connectivity index (χ1) is 8.40. The number of nitrogens with zero attached hydrogens (tertiary/aromatic N) is 2. The molecule has 1 heterocycles. The van der Waals surface area contributed by atoms with Crippen LogP contribution < -0.4 is 4.90 Å². The van der Waals surface area contributed by atoms with Crippen molar-refractivity contribution in [1.82, 2.24) is 4.98 Å². The summed E-state index contributed by atoms with van der Waals surface area (Å²) in [6.07, 6.45) is 1.77. The first-order valence-electron chi connectivity index (χ1n) is 5.71. The largest absolute Gasteiger partial charge is 0.395 e. The molecule has 0 aliphatic rings. The highest BCUT2D eigenvalue weighted by Crippen LogP contribution is 2.13. The van der Waals surface area contributed by atoms with Crippen LogP contribution in [0.1, 0.15) is 5.56 Å². The Morgan fingerprint density at radius 2 is 1.76 bits per heavy atom. The van der Waals surface area contributed by atoms with Crippen molar-refractivity contribution in [1.29, 1.82) is 0 Å². The van der Waals surface area contributed by atoms with Crippen LogP contribution in [0.4, 0.5) is 5.82 Å². The zero-order valence-electron chi connectivity index (χ0n) is 9.66. The fourth-order valence-electron chi connectivity index (χ4n) is 1.74. The summed E-state index contributed by atoms with van der Waals surface area (Å²) in [4.78, 5) is 6.37. The SMILES string of the molecule is OCCN(Cc1ccccc1)c1ccccn1. The van der Waals surface area contributed by atoms with Crippen molar-refractivity contribution in [2.75, 3.05) is 18.1 Å². The maximum Gasteiger partial charge on any atom is 0.128 e. The second-order valence-electron chi connectivity index (χ2n) is 3.82. The van der Waals surface area contributed by atoms with E-state index < -0.39 is 0 Å². The second-order valence-corrected chi connectivity index (χ2v) is 3.82. The molecule has 3 heteroatoms. The molecule has 0 aliphatic heterocycles. The molecule has 3 nitrogen and oxygen atoms in total. The number of hydrogen-bond acceptors (Lipinski definition) is 3. The number of pyridine rings is 1. The zero-order chi connectivity index (χ0) is 11.9. The van der Waals surface area contributed by atoms with Crippen molar-refractivity contribution < 1.29 is 5.11 Å². The van der Waals surface area contributed by atoms with E-state index >= 15 is 0 Å². The molecule has 0 bridgehead atoms. The van der Waals surface area contributed by atoms with Gasteiger partial charge < -0.3 is 10.0 Å². The minimum Gasteiger partial charge on any atom is -0.395 e. The van der Waals surface area contributed by atoms with Gasteiger partial charge in [0.05, 0.1) is 6.61 Å². The molecule has 0 radical (unpaired) electrons. The average molecular weight is 228 g/mol. The predicted molar refractivity (Wildman–Crippen MR) is 68.8 cm³/mol. The minimum atomic E-state index is 0.128. The molecule has 2 aromatic rings. The van der Waals surface area contributed by atoms with Gasteiger partial charge in [-0.15, -0.1) is 0 Å². The third-order valence-electron chi connectivity index (χ3n) is 2.56. The van der Waals surface area contributed by atoms with Crippen molar-refractivity contribution in [2.45, 2.75) is 6.54 Å². The maximum absolute atomic E-state index is 9.11. The van der Waals surface area contributed by atoms with Crippen molar-refractivity contribution in [3.8, 4) is 0 Å². The molecular weight excluding hydrogens is 212 g/mol. The monoisotopic (exact) mass is 228 g/mol. The molecule has 0 atom stereocenters. The lowest BCUT2D eigenvalue weighted by atomic mass is 10.2. The van der Waals surface area contributed by atoms with Crippen LogP contribution in [0.3, 0.4) is 0 Å². The molecule has 0 saturated carbocycles. The molecule has 0 saturated heterocycles. The van der Waals surface area contributed by atoms with Gasteiger partial charge in [0, 0.05) is 19.3 Å². The van der Waals surface area contributed by atoms with Crippen LogP contribution in [-0.4, -0.2) is 23.2 Å². The predicted octanol–water partition coefficient (Wildman–Crippen LogP) is 2.08. The van der Waals surface area contributed by atoms with Gasteiger partial charge >= 0.3 is 0 Å². The Hall–Kier alpha value is -1.87. The highest BCUT2D eigenvalue weighted by molar-refractivity contribution is 5.38. The van der Waals surface area contributed by atoms with Crippen molar-refractivity contribution in [3.63, 3.8) is 0 Å². The summed E-state index contributed by atoms with van der Waals surface area (Å²) in [6, 6.07) is 16.0. The first-order valence-corrected chi connectivity index (χ1v) is 5.71. The van der Waals surface area contributed by atoms with E-state index in [1.165, 1.54) is 5.56 Å². The maximum atomic E-state index is 9.11. The van der Waals surface area contributed by atoms with E-state index in [9.17, 15) is 0 Å². The topological polar surface area (TPSA) is 36.4 Å². The van der Waals surface area contributed by atoms with Crippen LogP contribution in [0.25, 0.3) is 0 Å². The van der Waals surface area contributed by atoms with Gasteiger partial charge in [0.25, 0.3) is 0 Å². The summed E-state index contributed by atoms with van der Waals surface area (Å²) in [6.45, 7) is 1.48. The smallest absolute Gasteiger partial charge is 0.128 e. The highest BCUT2D eigenvalue weighted by atomic mass is 16.3. The Kier molecular flexibility index (Phi) is 4.11. The van der Waals surface area contributed by atoms with E-state index in [0.717, 1.165) is 12.4 Å². The Labute approximate surface area is 101 Å². The van der Waals surface area contributed by atoms with Crippen LogP contribution in [-0.2, 0) is 6.54 Å². The Morgan fingerprint density at radius 3 is 2.41 bits per heavy atom. The summed E-state index contributed by atoms with van der Waals surface area (Å²) in [5.41, 5.74) is 1.21. The summed E-state index contributed by atoms with van der Waals surface area (Å²) in [5, 5.41) is 9.11. The molecule has 0 unspecified atom stereocenters. The van der Waals surface area contributed by atoms with E-state index in [1.807, 2.05) is 36.4 Å². The summed E-state index contributed by atoms with van der Waals surface area (Å²) in [5.74, 6) is 0.894. The Morgan fingerprint density at radius 1 is 1.00 bits per heavy atom. The van der Waals surface area contributed by atoms with Crippen molar-refractivity contribution >= 4 is 5.82 Å². The van der Waals surface area contributed by atoms with Crippen LogP contribution in [0.15, 0.2) is 54.7 Å². The van der Waals surface area contributed by atoms with Crippen molar-refractivity contribution in [3.05, 3.63) is 60.3 Å². The molecule has 17 heavy (non-hydrogen) atoms. The number of rotatable bonds is 5. The number of hydrogen-bond donors (Lipinski definition) is 1. The molecule has 1 aromatic carbocycles. The summed E-state index contributed by atoms with van der Waals surface area (Å²) < 4.78 is 0. The van der Waals surface area contributed by atoms with Gasteiger partial charge in [-0.05, 0) is 17.7 Å². The van der Waals surface area contributed by atoms with Crippen LogP contribution in [0, 0.1) is 0 Å². The average Bonchev–Trinajstić information content (AvgIpc) is 2.40. The number of anilines is 1. The van der Waals surface area contributed by atoms with Crippen LogP contribution in [0.2, 0.25) is 0 Å². The standard InChI is InChI=1S/C14H16N2O/c17-11-10-16(14-8-4-5-9-15-14)12-13-6-2-1-3-7-13/h1-9,17H,10-12H2. The molecule has 2 rings (SSSR count). The molecule has 1 aromatic heterocycles. The van der Waals surface area contributed by atoms with E-state index in [2.05, 4.69) is 22.0 Å². The molecule has 0 spiro atoms. The van der Waals surface area contributed by atoms with Gasteiger partial charge in [-0.3, -0.25) is 0 Å². The van der Waals surface area contributed by atoms with Crippen molar-refractivity contribution in [2.24, 2.45) is 0 Å². The lowest BCUT2D eigenvalue weighted by molar-refractivity contribution is 0.301. The lowest BCUT2D eigenvalue weighted by Gasteiger charge is -2.22. The zero-order valence-corrected chi connectivity index (χ0v) is 9.66. The van der Waals surface area contributed by atoms with E-state index in [1.54, 1.807) is 6.20 Å². The second kappa shape index (κ2) is 6.01. The van der Waals surface area contributed by atoms with E-state index in [-0.39, 0.29) is 6.61 Å². The number of aliphatic hydroxyl groups is 1.